The van der Waals surface area contributed by atoms with E-state index in [1.165, 1.54) is 0 Å². The highest BCUT2D eigenvalue weighted by Crippen LogP contribution is 2.14. The summed E-state index contributed by atoms with van der Waals surface area (Å²) in [5.41, 5.74) is 2.64. The molecule has 1 saturated heterocycles. The summed E-state index contributed by atoms with van der Waals surface area (Å²) in [5, 5.41) is 9.35. The molecule has 1 aromatic rings. The van der Waals surface area contributed by atoms with Crippen molar-refractivity contribution in [3.05, 3.63) is 35.9 Å². The van der Waals surface area contributed by atoms with Crippen LogP contribution in [0, 0.1) is 0 Å². The number of hydrogen-bond donors (Lipinski definition) is 2. The second kappa shape index (κ2) is 5.05. The van der Waals surface area contributed by atoms with Crippen molar-refractivity contribution < 1.29 is 19.6 Å². The maximum absolute atomic E-state index is 11.5. The molecule has 0 aromatic heterocycles. The molecule has 2 rings (SSSR count). The molecule has 0 bridgehead atoms. The number of rotatable bonds is 4. The van der Waals surface area contributed by atoms with E-state index >= 15 is 0 Å². The summed E-state index contributed by atoms with van der Waals surface area (Å²) in [7, 11) is 0. The molecule has 0 saturated carbocycles. The van der Waals surface area contributed by atoms with Crippen LogP contribution in [-0.2, 0) is 21.0 Å². The number of imide groups is 1. The third-order valence-corrected chi connectivity index (χ3v) is 2.46. The van der Waals surface area contributed by atoms with Crippen LogP contribution in [0.15, 0.2) is 30.3 Å². The molecular weight excluding hydrogens is 224 g/mol. The third kappa shape index (κ3) is 2.50. The number of nitrogens with zero attached hydrogens (tertiary/aromatic N) is 1. The van der Waals surface area contributed by atoms with E-state index in [2.05, 4.69) is 0 Å². The Bertz CT molecular complexity index is 421. The van der Waals surface area contributed by atoms with Gasteiger partial charge in [0.1, 0.15) is 12.6 Å². The van der Waals surface area contributed by atoms with Crippen molar-refractivity contribution in [2.45, 2.75) is 19.1 Å². The van der Waals surface area contributed by atoms with Crippen LogP contribution >= 0.6 is 0 Å². The van der Waals surface area contributed by atoms with Gasteiger partial charge in [0.15, 0.2) is 0 Å². The Kier molecular flexibility index (Phi) is 3.48. The zero-order valence-corrected chi connectivity index (χ0v) is 9.00. The zero-order valence-electron chi connectivity index (χ0n) is 9.00. The first-order chi connectivity index (χ1) is 8.22. The van der Waals surface area contributed by atoms with Gasteiger partial charge in [-0.15, -0.1) is 0 Å². The first kappa shape index (κ1) is 11.7. The van der Waals surface area contributed by atoms with Gasteiger partial charge in [0.05, 0.1) is 6.42 Å². The van der Waals surface area contributed by atoms with E-state index in [0.29, 0.717) is 5.06 Å². The van der Waals surface area contributed by atoms with E-state index in [4.69, 9.17) is 10.0 Å². The normalized spacial score (nSPS) is 20.1. The lowest BCUT2D eigenvalue weighted by molar-refractivity contribution is -0.192. The predicted molar refractivity (Wildman–Crippen MR) is 56.4 cm³/mol. The van der Waals surface area contributed by atoms with E-state index in [1.807, 2.05) is 30.3 Å². The van der Waals surface area contributed by atoms with Crippen molar-refractivity contribution in [3.8, 4) is 0 Å². The van der Waals surface area contributed by atoms with Gasteiger partial charge in [-0.1, -0.05) is 30.3 Å². The maximum Gasteiger partial charge on any atom is 0.273 e. The molecule has 1 fully saturated rings. The molecule has 0 spiro atoms. The standard InChI is InChI=1S/C11H12N2O4/c14-10-6-9(12-16)11(15)13(10)17-7-8-4-2-1-3-5-8/h1-5,9,12,16H,6-7H2. The minimum Gasteiger partial charge on any atom is -0.316 e. The summed E-state index contributed by atoms with van der Waals surface area (Å²) in [6.07, 6.45) is -0.0931. The number of hydroxylamine groups is 3. The van der Waals surface area contributed by atoms with Crippen molar-refractivity contribution in [2.75, 3.05) is 0 Å². The van der Waals surface area contributed by atoms with Crippen LogP contribution in [0.3, 0.4) is 0 Å². The Morgan fingerprint density at radius 2 is 2.06 bits per heavy atom. The Labute approximate surface area is 97.7 Å². The highest BCUT2D eigenvalue weighted by Gasteiger charge is 2.39. The van der Waals surface area contributed by atoms with Crippen molar-refractivity contribution in [2.24, 2.45) is 0 Å². The lowest BCUT2D eigenvalue weighted by Crippen LogP contribution is -2.37. The van der Waals surface area contributed by atoms with Gasteiger partial charge in [0, 0.05) is 0 Å². The Morgan fingerprint density at radius 1 is 1.35 bits per heavy atom. The van der Waals surface area contributed by atoms with E-state index in [1.54, 1.807) is 5.48 Å². The molecule has 2 N–H and O–H groups in total. The molecule has 0 aliphatic carbocycles. The van der Waals surface area contributed by atoms with Crippen LogP contribution in [0.1, 0.15) is 12.0 Å². The fraction of sp³-hybridized carbons (Fsp3) is 0.273. The average Bonchev–Trinajstić information content (AvgIpc) is 2.63. The zero-order chi connectivity index (χ0) is 12.3. The Morgan fingerprint density at radius 3 is 2.65 bits per heavy atom. The van der Waals surface area contributed by atoms with Crippen LogP contribution in [0.2, 0.25) is 0 Å². The molecule has 0 radical (unpaired) electrons. The van der Waals surface area contributed by atoms with Gasteiger partial charge in [0.2, 0.25) is 0 Å². The summed E-state index contributed by atoms with van der Waals surface area (Å²) >= 11 is 0. The van der Waals surface area contributed by atoms with E-state index in [0.717, 1.165) is 5.56 Å². The van der Waals surface area contributed by atoms with Gasteiger partial charge in [-0.2, -0.15) is 10.5 Å². The summed E-state index contributed by atoms with van der Waals surface area (Å²) in [4.78, 5) is 28.1. The van der Waals surface area contributed by atoms with Crippen molar-refractivity contribution in [3.63, 3.8) is 0 Å². The SMILES string of the molecule is O=C1CC(NO)C(=O)N1OCc1ccccc1. The van der Waals surface area contributed by atoms with E-state index in [9.17, 15) is 9.59 Å². The molecular formula is C11H12N2O4. The molecule has 1 aliphatic rings. The Hall–Kier alpha value is -1.76. The van der Waals surface area contributed by atoms with Crippen LogP contribution < -0.4 is 5.48 Å². The smallest absolute Gasteiger partial charge is 0.273 e. The molecule has 2 amide bonds. The molecule has 90 valence electrons. The maximum atomic E-state index is 11.5. The molecule has 1 unspecified atom stereocenters. The Balaban J connectivity index is 1.96. The van der Waals surface area contributed by atoms with Crippen LogP contribution in [0.5, 0.6) is 0 Å². The molecule has 1 aromatic carbocycles. The topological polar surface area (TPSA) is 78.9 Å². The quantitative estimate of drug-likeness (QED) is 0.577. The first-order valence-corrected chi connectivity index (χ1v) is 5.15. The number of nitrogens with one attached hydrogen (secondary N) is 1. The summed E-state index contributed by atoms with van der Waals surface area (Å²) in [6, 6.07) is 8.29. The van der Waals surface area contributed by atoms with Gasteiger partial charge in [0.25, 0.3) is 11.8 Å². The molecule has 17 heavy (non-hydrogen) atoms. The van der Waals surface area contributed by atoms with Gasteiger partial charge in [-0.05, 0) is 5.56 Å². The monoisotopic (exact) mass is 236 g/mol. The largest absolute Gasteiger partial charge is 0.316 e. The molecule has 6 heteroatoms. The van der Waals surface area contributed by atoms with E-state index in [-0.39, 0.29) is 13.0 Å². The second-order valence-electron chi connectivity index (χ2n) is 3.67. The van der Waals surface area contributed by atoms with Gasteiger partial charge >= 0.3 is 0 Å². The lowest BCUT2D eigenvalue weighted by Gasteiger charge is -2.13. The lowest BCUT2D eigenvalue weighted by atomic mass is 10.2. The summed E-state index contributed by atoms with van der Waals surface area (Å²) in [6.45, 7) is 0.135. The number of carbonyl (C=O) groups is 2. The van der Waals surface area contributed by atoms with Gasteiger partial charge in [-0.25, -0.2) is 0 Å². The fourth-order valence-electron chi connectivity index (χ4n) is 1.56. The van der Waals surface area contributed by atoms with Gasteiger partial charge < -0.3 is 5.21 Å². The van der Waals surface area contributed by atoms with Crippen molar-refractivity contribution in [1.29, 1.82) is 0 Å². The van der Waals surface area contributed by atoms with Gasteiger partial charge in [-0.3, -0.25) is 14.4 Å². The summed E-state index contributed by atoms with van der Waals surface area (Å²) < 4.78 is 0. The highest BCUT2D eigenvalue weighted by atomic mass is 16.7. The molecule has 1 atom stereocenters. The summed E-state index contributed by atoms with van der Waals surface area (Å²) in [5.74, 6) is -1.04. The molecule has 1 aliphatic heterocycles. The number of hydrogen-bond acceptors (Lipinski definition) is 5. The fourth-order valence-corrected chi connectivity index (χ4v) is 1.56. The van der Waals surface area contributed by atoms with Crippen LogP contribution in [-0.4, -0.2) is 28.1 Å². The van der Waals surface area contributed by atoms with Crippen molar-refractivity contribution in [1.82, 2.24) is 10.5 Å². The highest BCUT2D eigenvalue weighted by molar-refractivity contribution is 6.04. The average molecular weight is 236 g/mol. The number of benzene rings is 1. The first-order valence-electron chi connectivity index (χ1n) is 5.15. The molecule has 1 heterocycles. The minimum atomic E-state index is -0.904. The van der Waals surface area contributed by atoms with Crippen LogP contribution in [0.4, 0.5) is 0 Å². The number of carbonyl (C=O) groups excluding carboxylic acids is 2. The van der Waals surface area contributed by atoms with E-state index < -0.39 is 17.9 Å². The minimum absolute atomic E-state index is 0.0931. The predicted octanol–water partition coefficient (Wildman–Crippen LogP) is 0.224. The van der Waals surface area contributed by atoms with Crippen molar-refractivity contribution >= 4 is 11.8 Å². The number of amides is 2. The van der Waals surface area contributed by atoms with Crippen LogP contribution in [0.25, 0.3) is 0 Å². The third-order valence-electron chi connectivity index (χ3n) is 2.46. The second-order valence-corrected chi connectivity index (χ2v) is 3.67. The molecule has 6 nitrogen and oxygen atoms in total.